The third kappa shape index (κ3) is 6.52. The van der Waals surface area contributed by atoms with Gasteiger partial charge < -0.3 is 19.7 Å². The molecule has 4 aromatic rings. The third-order valence-electron chi connectivity index (χ3n) is 7.09. The van der Waals surface area contributed by atoms with Crippen molar-refractivity contribution in [2.75, 3.05) is 6.61 Å². The molecule has 1 heterocycles. The minimum Gasteiger partial charge on any atom is -0.488 e. The zero-order valence-electron chi connectivity index (χ0n) is 22.4. The summed E-state index contributed by atoms with van der Waals surface area (Å²) in [6, 6.07) is 18.2. The number of aliphatic carboxylic acids is 1. The molecular weight excluding hydrogens is 561 g/mol. The van der Waals surface area contributed by atoms with Gasteiger partial charge in [0.1, 0.15) is 42.1 Å². The molecule has 0 saturated heterocycles. The Balaban J connectivity index is 1.42. The van der Waals surface area contributed by atoms with Gasteiger partial charge in [-0.1, -0.05) is 41.9 Å². The second-order valence-electron chi connectivity index (χ2n) is 9.85. The van der Waals surface area contributed by atoms with Gasteiger partial charge >= 0.3 is 5.97 Å². The summed E-state index contributed by atoms with van der Waals surface area (Å²) in [7, 11) is 0. The summed E-state index contributed by atoms with van der Waals surface area (Å²) in [6.45, 7) is -0.447. The molecule has 0 amide bonds. The van der Waals surface area contributed by atoms with Crippen LogP contribution in [0.1, 0.15) is 40.3 Å². The largest absolute Gasteiger partial charge is 0.488 e. The number of benzene rings is 3. The molecule has 0 spiro atoms. The number of carboxylic acids is 1. The van der Waals surface area contributed by atoms with Crippen LogP contribution in [-0.2, 0) is 24.4 Å². The van der Waals surface area contributed by atoms with Crippen LogP contribution in [0.2, 0.25) is 5.02 Å². The molecule has 10 heteroatoms. The lowest BCUT2D eigenvalue weighted by Gasteiger charge is -2.20. The van der Waals surface area contributed by atoms with Gasteiger partial charge in [0.2, 0.25) is 0 Å². The van der Waals surface area contributed by atoms with Crippen molar-refractivity contribution in [1.82, 2.24) is 10.3 Å². The van der Waals surface area contributed by atoms with Crippen molar-refractivity contribution >= 4 is 17.6 Å². The molecule has 5 rings (SSSR count). The first-order valence-electron chi connectivity index (χ1n) is 13.3. The van der Waals surface area contributed by atoms with Gasteiger partial charge in [0, 0.05) is 36.1 Å². The van der Waals surface area contributed by atoms with E-state index in [-0.39, 0.29) is 25.1 Å². The zero-order chi connectivity index (χ0) is 29.6. The number of aliphatic hydroxyl groups is 1. The van der Waals surface area contributed by atoms with E-state index in [1.807, 2.05) is 24.3 Å². The lowest BCUT2D eigenvalue weighted by atomic mass is 9.97. The molecule has 2 atom stereocenters. The number of ether oxygens (including phenoxy) is 2. The van der Waals surface area contributed by atoms with E-state index >= 15 is 0 Å². The topological polar surface area (TPSA) is 125 Å². The number of carboxylic acid groups (broad SMARTS) is 1. The van der Waals surface area contributed by atoms with E-state index < -0.39 is 18.6 Å². The fourth-order valence-corrected chi connectivity index (χ4v) is 5.21. The van der Waals surface area contributed by atoms with E-state index in [4.69, 9.17) is 21.1 Å². The highest BCUT2D eigenvalue weighted by Crippen LogP contribution is 2.43. The second-order valence-corrected chi connectivity index (χ2v) is 10.3. The minimum atomic E-state index is -1.19. The highest BCUT2D eigenvalue weighted by molar-refractivity contribution is 6.32. The van der Waals surface area contributed by atoms with Crippen molar-refractivity contribution in [3.05, 3.63) is 112 Å². The number of carbonyl (C=O) groups is 1. The summed E-state index contributed by atoms with van der Waals surface area (Å²) in [6.07, 6.45) is 4.25. The Morgan fingerprint density at radius 2 is 1.98 bits per heavy atom. The van der Waals surface area contributed by atoms with Crippen LogP contribution in [0.3, 0.4) is 0 Å². The van der Waals surface area contributed by atoms with E-state index in [2.05, 4.69) is 10.3 Å². The maximum atomic E-state index is 13.5. The lowest BCUT2D eigenvalue weighted by Crippen LogP contribution is -2.39. The first-order chi connectivity index (χ1) is 20.4. The Morgan fingerprint density at radius 3 is 2.71 bits per heavy atom. The van der Waals surface area contributed by atoms with Crippen LogP contribution in [-0.4, -0.2) is 33.8 Å². The number of nitrogens with one attached hydrogen (secondary N) is 1. The van der Waals surface area contributed by atoms with Crippen molar-refractivity contribution in [3.63, 3.8) is 0 Å². The summed E-state index contributed by atoms with van der Waals surface area (Å²) in [4.78, 5) is 15.5. The predicted molar refractivity (Wildman–Crippen MR) is 154 cm³/mol. The summed E-state index contributed by atoms with van der Waals surface area (Å²) < 4.78 is 26.0. The molecule has 1 aliphatic carbocycles. The number of hydrogen-bond acceptors (Lipinski definition) is 7. The lowest BCUT2D eigenvalue weighted by molar-refractivity contribution is -0.140. The van der Waals surface area contributed by atoms with E-state index in [9.17, 15) is 24.7 Å². The van der Waals surface area contributed by atoms with E-state index in [1.54, 1.807) is 36.5 Å². The summed E-state index contributed by atoms with van der Waals surface area (Å²) >= 11 is 6.66. The van der Waals surface area contributed by atoms with Gasteiger partial charge in [-0.15, -0.1) is 0 Å². The third-order valence-corrected chi connectivity index (χ3v) is 7.39. The van der Waals surface area contributed by atoms with Crippen LogP contribution in [0.25, 0.3) is 11.1 Å². The van der Waals surface area contributed by atoms with Crippen molar-refractivity contribution in [2.24, 2.45) is 0 Å². The average molecular weight is 588 g/mol. The van der Waals surface area contributed by atoms with Gasteiger partial charge in [0.05, 0.1) is 17.2 Å². The summed E-state index contributed by atoms with van der Waals surface area (Å²) in [5, 5.41) is 31.0. The van der Waals surface area contributed by atoms with Crippen molar-refractivity contribution in [2.45, 2.75) is 38.1 Å². The standard InChI is InChI=1S/C32H27ClFN3O5/c33-27-11-22(16-37-28(17-38)32(39)40)30(41-18-20-10-19(13-35)14-36-15-20)12-31(27)42-29-9-8-25-24(2-1-3-26(25)29)21-4-6-23(34)7-5-21/h1-7,10-12,14-15,28-29,37-38H,8-9,16-18H2,(H,39,40)/t28-,29-/m0/s1. The molecule has 0 saturated carbocycles. The first-order valence-corrected chi connectivity index (χ1v) is 13.6. The monoisotopic (exact) mass is 587 g/mol. The van der Waals surface area contributed by atoms with Crippen molar-refractivity contribution < 1.29 is 28.9 Å². The molecule has 3 N–H and O–H groups in total. The fourth-order valence-electron chi connectivity index (χ4n) is 4.98. The Hall–Kier alpha value is -4.49. The number of fused-ring (bicyclic) bond motifs is 1. The van der Waals surface area contributed by atoms with E-state index in [0.29, 0.717) is 39.6 Å². The molecule has 0 radical (unpaired) electrons. The highest BCUT2D eigenvalue weighted by atomic mass is 35.5. The molecule has 1 aromatic heterocycles. The van der Waals surface area contributed by atoms with Crippen LogP contribution in [0.5, 0.6) is 11.5 Å². The zero-order valence-corrected chi connectivity index (χ0v) is 23.1. The molecule has 0 unspecified atom stereocenters. The maximum Gasteiger partial charge on any atom is 0.323 e. The van der Waals surface area contributed by atoms with Gasteiger partial charge in [-0.25, -0.2) is 4.39 Å². The second kappa shape index (κ2) is 13.0. The Bertz CT molecular complexity index is 1640. The number of nitrogens with zero attached hydrogens (tertiary/aromatic N) is 2. The number of aromatic nitrogens is 1. The molecule has 3 aromatic carbocycles. The smallest absolute Gasteiger partial charge is 0.323 e. The molecule has 0 bridgehead atoms. The van der Waals surface area contributed by atoms with Crippen LogP contribution in [0.4, 0.5) is 4.39 Å². The average Bonchev–Trinajstić information content (AvgIpc) is 3.41. The van der Waals surface area contributed by atoms with Crippen molar-refractivity contribution in [1.29, 1.82) is 5.26 Å². The number of rotatable bonds is 11. The highest BCUT2D eigenvalue weighted by Gasteiger charge is 2.28. The SMILES string of the molecule is N#Cc1cncc(COc2cc(O[C@H]3CCc4c(-c5ccc(F)cc5)cccc43)c(Cl)cc2CN[C@@H](CO)C(=O)O)c1. The van der Waals surface area contributed by atoms with Crippen LogP contribution in [0.15, 0.2) is 73.1 Å². The van der Waals surface area contributed by atoms with Crippen molar-refractivity contribution in [3.8, 4) is 28.7 Å². The predicted octanol–water partition coefficient (Wildman–Crippen LogP) is 5.59. The van der Waals surface area contributed by atoms with Crippen LogP contribution < -0.4 is 14.8 Å². The molecule has 0 aliphatic heterocycles. The Kier molecular flexibility index (Phi) is 8.98. The van der Waals surface area contributed by atoms with E-state index in [0.717, 1.165) is 28.7 Å². The van der Waals surface area contributed by atoms with Gasteiger partial charge in [0.25, 0.3) is 0 Å². The minimum absolute atomic E-state index is 0.0522. The number of hydrogen-bond donors (Lipinski definition) is 3. The molecule has 1 aliphatic rings. The van der Waals surface area contributed by atoms with Gasteiger partial charge in [0.15, 0.2) is 0 Å². The normalized spacial score (nSPS) is 14.6. The molecular formula is C32H27ClFN3O5. The number of halogens is 2. The Morgan fingerprint density at radius 1 is 1.17 bits per heavy atom. The van der Waals surface area contributed by atoms with Crippen LogP contribution >= 0.6 is 11.6 Å². The molecule has 42 heavy (non-hydrogen) atoms. The fraction of sp³-hybridized carbons (Fsp3) is 0.219. The van der Waals surface area contributed by atoms with Gasteiger partial charge in [-0.3, -0.25) is 15.1 Å². The number of nitriles is 1. The molecule has 0 fully saturated rings. The van der Waals surface area contributed by atoms with Gasteiger partial charge in [-0.05, 0) is 59.4 Å². The quantitative estimate of drug-likeness (QED) is 0.207. The van der Waals surface area contributed by atoms with Crippen LogP contribution in [0, 0.1) is 17.1 Å². The molecule has 8 nitrogen and oxygen atoms in total. The molecule has 214 valence electrons. The summed E-state index contributed by atoms with van der Waals surface area (Å²) in [5.41, 5.74) is 5.73. The van der Waals surface area contributed by atoms with E-state index in [1.165, 1.54) is 18.3 Å². The summed E-state index contributed by atoms with van der Waals surface area (Å²) in [5.74, 6) is -0.695. The number of pyridine rings is 1. The first kappa shape index (κ1) is 29.0. The van der Waals surface area contributed by atoms with Gasteiger partial charge in [-0.2, -0.15) is 5.26 Å². The Labute approximate surface area is 246 Å². The maximum absolute atomic E-state index is 13.5. The number of aliphatic hydroxyl groups excluding tert-OH is 1.